The first-order valence-corrected chi connectivity index (χ1v) is 7.34. The SMILES string of the molecule is CNCCCCCN1CCC(OCCOC)CC1. The monoisotopic (exact) mass is 258 g/mol. The maximum atomic E-state index is 5.77. The third-order valence-corrected chi connectivity index (χ3v) is 3.58. The molecule has 4 heteroatoms. The highest BCUT2D eigenvalue weighted by Crippen LogP contribution is 2.14. The summed E-state index contributed by atoms with van der Waals surface area (Å²) in [4.78, 5) is 2.58. The molecule has 1 saturated heterocycles. The van der Waals surface area contributed by atoms with E-state index in [9.17, 15) is 0 Å². The van der Waals surface area contributed by atoms with Crippen molar-refractivity contribution in [2.24, 2.45) is 0 Å². The summed E-state index contributed by atoms with van der Waals surface area (Å²) in [5.41, 5.74) is 0. The van der Waals surface area contributed by atoms with Crippen molar-refractivity contribution in [1.82, 2.24) is 10.2 Å². The van der Waals surface area contributed by atoms with Crippen molar-refractivity contribution >= 4 is 0 Å². The van der Waals surface area contributed by atoms with Crippen molar-refractivity contribution < 1.29 is 9.47 Å². The van der Waals surface area contributed by atoms with Crippen LogP contribution in [0.3, 0.4) is 0 Å². The molecule has 108 valence electrons. The van der Waals surface area contributed by atoms with Crippen LogP contribution in [0, 0.1) is 0 Å². The van der Waals surface area contributed by atoms with E-state index in [0.717, 1.165) is 13.2 Å². The van der Waals surface area contributed by atoms with Crippen molar-refractivity contribution in [3.8, 4) is 0 Å². The minimum absolute atomic E-state index is 0.459. The van der Waals surface area contributed by atoms with Gasteiger partial charge in [-0.1, -0.05) is 6.42 Å². The normalized spacial score (nSPS) is 18.3. The van der Waals surface area contributed by atoms with E-state index in [1.165, 1.54) is 51.7 Å². The Kier molecular flexibility index (Phi) is 9.48. The van der Waals surface area contributed by atoms with Crippen molar-refractivity contribution in [2.45, 2.75) is 38.2 Å². The molecule has 1 heterocycles. The number of methoxy groups -OCH3 is 1. The average molecular weight is 258 g/mol. The van der Waals surface area contributed by atoms with Gasteiger partial charge in [0.15, 0.2) is 0 Å². The Balaban J connectivity index is 1.94. The van der Waals surface area contributed by atoms with Gasteiger partial charge >= 0.3 is 0 Å². The number of unbranched alkanes of at least 4 members (excludes halogenated alkanes) is 2. The molecule has 1 rings (SSSR count). The number of nitrogens with one attached hydrogen (secondary N) is 1. The topological polar surface area (TPSA) is 33.7 Å². The molecule has 0 aromatic carbocycles. The summed E-state index contributed by atoms with van der Waals surface area (Å²) >= 11 is 0. The smallest absolute Gasteiger partial charge is 0.0704 e. The maximum absolute atomic E-state index is 5.77. The quantitative estimate of drug-likeness (QED) is 0.602. The first kappa shape index (κ1) is 15.9. The second-order valence-corrected chi connectivity index (χ2v) is 5.07. The predicted molar refractivity (Wildman–Crippen MR) is 75.1 cm³/mol. The van der Waals surface area contributed by atoms with Crippen LogP contribution in [-0.4, -0.2) is 64.6 Å². The summed E-state index contributed by atoms with van der Waals surface area (Å²) in [7, 11) is 3.74. The van der Waals surface area contributed by atoms with Gasteiger partial charge in [0.25, 0.3) is 0 Å². The van der Waals surface area contributed by atoms with E-state index in [-0.39, 0.29) is 0 Å². The Bertz CT molecular complexity index is 183. The summed E-state index contributed by atoms with van der Waals surface area (Å²) < 4.78 is 10.8. The molecule has 0 saturated carbocycles. The highest BCUT2D eigenvalue weighted by atomic mass is 16.5. The van der Waals surface area contributed by atoms with Crippen LogP contribution in [-0.2, 0) is 9.47 Å². The number of nitrogens with zero attached hydrogens (tertiary/aromatic N) is 1. The number of hydrogen-bond acceptors (Lipinski definition) is 4. The molecular weight excluding hydrogens is 228 g/mol. The second kappa shape index (κ2) is 10.7. The molecule has 0 unspecified atom stereocenters. The number of ether oxygens (including phenoxy) is 2. The van der Waals surface area contributed by atoms with Gasteiger partial charge in [0, 0.05) is 20.2 Å². The van der Waals surface area contributed by atoms with Gasteiger partial charge in [-0.3, -0.25) is 0 Å². The lowest BCUT2D eigenvalue weighted by molar-refractivity contribution is -0.0147. The lowest BCUT2D eigenvalue weighted by atomic mass is 10.1. The fourth-order valence-corrected chi connectivity index (χ4v) is 2.41. The largest absolute Gasteiger partial charge is 0.382 e. The molecule has 1 aliphatic heterocycles. The fraction of sp³-hybridized carbons (Fsp3) is 1.00. The molecule has 0 aromatic heterocycles. The van der Waals surface area contributed by atoms with E-state index in [4.69, 9.17) is 9.47 Å². The molecule has 0 radical (unpaired) electrons. The molecule has 0 aromatic rings. The van der Waals surface area contributed by atoms with E-state index in [1.54, 1.807) is 7.11 Å². The molecule has 1 N–H and O–H groups in total. The third kappa shape index (κ3) is 7.31. The molecular formula is C14H30N2O2. The number of piperidine rings is 1. The van der Waals surface area contributed by atoms with E-state index in [1.807, 2.05) is 7.05 Å². The first-order chi connectivity index (χ1) is 8.86. The second-order valence-electron chi connectivity index (χ2n) is 5.07. The van der Waals surface area contributed by atoms with Crippen LogP contribution in [0.25, 0.3) is 0 Å². The fourth-order valence-electron chi connectivity index (χ4n) is 2.41. The Hall–Kier alpha value is -0.160. The van der Waals surface area contributed by atoms with Gasteiger partial charge in [-0.15, -0.1) is 0 Å². The van der Waals surface area contributed by atoms with Crippen LogP contribution < -0.4 is 5.32 Å². The van der Waals surface area contributed by atoms with E-state index >= 15 is 0 Å². The Morgan fingerprint density at radius 1 is 1.11 bits per heavy atom. The Morgan fingerprint density at radius 2 is 1.89 bits per heavy atom. The first-order valence-electron chi connectivity index (χ1n) is 7.34. The number of rotatable bonds is 10. The van der Waals surface area contributed by atoms with Crippen LogP contribution in [0.15, 0.2) is 0 Å². The van der Waals surface area contributed by atoms with Gasteiger partial charge in [-0.2, -0.15) is 0 Å². The van der Waals surface area contributed by atoms with Crippen LogP contribution in [0.1, 0.15) is 32.1 Å². The molecule has 0 atom stereocenters. The van der Waals surface area contributed by atoms with Gasteiger partial charge in [0.2, 0.25) is 0 Å². The standard InChI is InChI=1S/C14H30N2O2/c1-15-8-4-3-5-9-16-10-6-14(7-11-16)18-13-12-17-2/h14-15H,3-13H2,1-2H3. The zero-order valence-corrected chi connectivity index (χ0v) is 12.1. The van der Waals surface area contributed by atoms with Crippen LogP contribution in [0.4, 0.5) is 0 Å². The zero-order chi connectivity index (χ0) is 13.1. The molecule has 0 amide bonds. The Morgan fingerprint density at radius 3 is 2.56 bits per heavy atom. The summed E-state index contributed by atoms with van der Waals surface area (Å²) in [6.45, 7) is 6.26. The van der Waals surface area contributed by atoms with Crippen LogP contribution in [0.2, 0.25) is 0 Å². The van der Waals surface area contributed by atoms with Crippen LogP contribution in [0.5, 0.6) is 0 Å². The lowest BCUT2D eigenvalue weighted by Gasteiger charge is -2.31. The maximum Gasteiger partial charge on any atom is 0.0704 e. The molecule has 18 heavy (non-hydrogen) atoms. The average Bonchev–Trinajstić information content (AvgIpc) is 2.40. The molecule has 0 spiro atoms. The lowest BCUT2D eigenvalue weighted by Crippen LogP contribution is -2.37. The van der Waals surface area contributed by atoms with Gasteiger partial charge in [-0.25, -0.2) is 0 Å². The van der Waals surface area contributed by atoms with Gasteiger partial charge in [-0.05, 0) is 45.8 Å². The van der Waals surface area contributed by atoms with Crippen molar-refractivity contribution in [1.29, 1.82) is 0 Å². The van der Waals surface area contributed by atoms with Gasteiger partial charge < -0.3 is 19.7 Å². The molecule has 1 aliphatic rings. The van der Waals surface area contributed by atoms with Crippen molar-refractivity contribution in [2.75, 3.05) is 53.6 Å². The van der Waals surface area contributed by atoms with Gasteiger partial charge in [0.1, 0.15) is 0 Å². The predicted octanol–water partition coefficient (Wildman–Crippen LogP) is 1.50. The van der Waals surface area contributed by atoms with E-state index in [2.05, 4.69) is 10.2 Å². The molecule has 0 aliphatic carbocycles. The minimum atomic E-state index is 0.459. The Labute approximate surface area is 112 Å². The van der Waals surface area contributed by atoms with Gasteiger partial charge in [0.05, 0.1) is 19.3 Å². The number of hydrogen-bond donors (Lipinski definition) is 1. The van der Waals surface area contributed by atoms with E-state index in [0.29, 0.717) is 12.7 Å². The molecule has 0 bridgehead atoms. The van der Waals surface area contributed by atoms with Crippen molar-refractivity contribution in [3.05, 3.63) is 0 Å². The summed E-state index contributed by atoms with van der Waals surface area (Å²) in [6.07, 6.45) is 6.79. The summed E-state index contributed by atoms with van der Waals surface area (Å²) in [5.74, 6) is 0. The summed E-state index contributed by atoms with van der Waals surface area (Å²) in [6, 6.07) is 0. The van der Waals surface area contributed by atoms with Crippen molar-refractivity contribution in [3.63, 3.8) is 0 Å². The van der Waals surface area contributed by atoms with Crippen LogP contribution >= 0.6 is 0 Å². The highest BCUT2D eigenvalue weighted by molar-refractivity contribution is 4.72. The third-order valence-electron chi connectivity index (χ3n) is 3.58. The molecule has 4 nitrogen and oxygen atoms in total. The number of likely N-dealkylation sites (tertiary alicyclic amines) is 1. The highest BCUT2D eigenvalue weighted by Gasteiger charge is 2.18. The van der Waals surface area contributed by atoms with E-state index < -0.39 is 0 Å². The molecule has 1 fully saturated rings. The summed E-state index contributed by atoms with van der Waals surface area (Å²) in [5, 5.41) is 3.20. The zero-order valence-electron chi connectivity index (χ0n) is 12.1. The minimum Gasteiger partial charge on any atom is -0.382 e.